The standard InChI is InChI=1S/C11H12O/c1-8(2)10-7-12-11-6-4-3-5-9(10)11/h3-6,10H,1,7H2,2H3. The lowest BCUT2D eigenvalue weighted by Gasteiger charge is -2.06. The van der Waals surface area contributed by atoms with Gasteiger partial charge in [0.25, 0.3) is 0 Å². The number of hydrogen-bond acceptors (Lipinski definition) is 1. The predicted molar refractivity (Wildman–Crippen MR) is 49.5 cm³/mol. The van der Waals surface area contributed by atoms with Gasteiger partial charge in [-0.15, -0.1) is 0 Å². The molecule has 1 nitrogen and oxygen atoms in total. The smallest absolute Gasteiger partial charge is 0.123 e. The second kappa shape index (κ2) is 2.67. The second-order valence-corrected chi connectivity index (χ2v) is 3.25. The van der Waals surface area contributed by atoms with E-state index in [1.807, 2.05) is 18.2 Å². The summed E-state index contributed by atoms with van der Waals surface area (Å²) in [5, 5.41) is 0. The molecule has 1 aliphatic rings. The van der Waals surface area contributed by atoms with Gasteiger partial charge in [0.15, 0.2) is 0 Å². The average Bonchev–Trinajstić information content (AvgIpc) is 2.47. The second-order valence-electron chi connectivity index (χ2n) is 3.25. The molecule has 0 bridgehead atoms. The van der Waals surface area contributed by atoms with Gasteiger partial charge in [-0.05, 0) is 13.0 Å². The Morgan fingerprint density at radius 2 is 2.25 bits per heavy atom. The monoisotopic (exact) mass is 160 g/mol. The highest BCUT2D eigenvalue weighted by Crippen LogP contribution is 2.36. The number of rotatable bonds is 1. The molecule has 0 spiro atoms. The molecule has 62 valence electrons. The normalized spacial score (nSPS) is 19.9. The van der Waals surface area contributed by atoms with Crippen LogP contribution < -0.4 is 4.74 Å². The molecule has 1 heteroatoms. The Balaban J connectivity index is 2.42. The molecule has 0 amide bonds. The zero-order valence-corrected chi connectivity index (χ0v) is 7.21. The van der Waals surface area contributed by atoms with Crippen LogP contribution in [0.25, 0.3) is 0 Å². The minimum Gasteiger partial charge on any atom is -0.492 e. The van der Waals surface area contributed by atoms with Crippen molar-refractivity contribution in [2.24, 2.45) is 0 Å². The summed E-state index contributed by atoms with van der Waals surface area (Å²) in [6.07, 6.45) is 0. The molecule has 2 rings (SSSR count). The van der Waals surface area contributed by atoms with E-state index in [0.717, 1.165) is 12.4 Å². The molecular weight excluding hydrogens is 148 g/mol. The summed E-state index contributed by atoms with van der Waals surface area (Å²) >= 11 is 0. The summed E-state index contributed by atoms with van der Waals surface area (Å²) in [6, 6.07) is 8.17. The van der Waals surface area contributed by atoms with Crippen LogP contribution in [0.3, 0.4) is 0 Å². The molecule has 0 saturated heterocycles. The van der Waals surface area contributed by atoms with Gasteiger partial charge < -0.3 is 4.74 Å². The molecule has 0 aromatic heterocycles. The molecule has 12 heavy (non-hydrogen) atoms. The molecule has 0 fully saturated rings. The Bertz CT molecular complexity index is 315. The lowest BCUT2D eigenvalue weighted by Crippen LogP contribution is -2.00. The number of benzene rings is 1. The van der Waals surface area contributed by atoms with E-state index in [0.29, 0.717) is 5.92 Å². The number of ether oxygens (including phenoxy) is 1. The first-order chi connectivity index (χ1) is 5.79. The average molecular weight is 160 g/mol. The Morgan fingerprint density at radius 1 is 1.50 bits per heavy atom. The van der Waals surface area contributed by atoms with Crippen LogP contribution >= 0.6 is 0 Å². The molecule has 1 aromatic carbocycles. The third kappa shape index (κ3) is 1.02. The molecule has 0 saturated carbocycles. The minimum absolute atomic E-state index is 0.404. The van der Waals surface area contributed by atoms with Crippen molar-refractivity contribution in [3.8, 4) is 5.75 Å². The summed E-state index contributed by atoms with van der Waals surface area (Å²) in [4.78, 5) is 0. The van der Waals surface area contributed by atoms with Crippen LogP contribution in [0.5, 0.6) is 5.75 Å². The molecular formula is C11H12O. The highest BCUT2D eigenvalue weighted by Gasteiger charge is 2.23. The van der Waals surface area contributed by atoms with Crippen molar-refractivity contribution in [3.05, 3.63) is 42.0 Å². The fourth-order valence-corrected chi connectivity index (χ4v) is 1.57. The van der Waals surface area contributed by atoms with Crippen LogP contribution in [0.2, 0.25) is 0 Å². The zero-order valence-electron chi connectivity index (χ0n) is 7.21. The van der Waals surface area contributed by atoms with Gasteiger partial charge in [-0.3, -0.25) is 0 Å². The maximum Gasteiger partial charge on any atom is 0.123 e. The zero-order chi connectivity index (χ0) is 8.55. The number of hydrogen-bond donors (Lipinski definition) is 0. The van der Waals surface area contributed by atoms with Gasteiger partial charge in [0.05, 0.1) is 6.61 Å². The molecule has 1 heterocycles. The van der Waals surface area contributed by atoms with Crippen LogP contribution in [0.1, 0.15) is 18.4 Å². The van der Waals surface area contributed by atoms with Crippen molar-refractivity contribution >= 4 is 0 Å². The van der Waals surface area contributed by atoms with Crippen molar-refractivity contribution in [3.63, 3.8) is 0 Å². The molecule has 1 atom stereocenters. The Labute approximate surface area is 72.7 Å². The van der Waals surface area contributed by atoms with Crippen molar-refractivity contribution in [2.45, 2.75) is 12.8 Å². The summed E-state index contributed by atoms with van der Waals surface area (Å²) in [7, 11) is 0. The van der Waals surface area contributed by atoms with E-state index < -0.39 is 0 Å². The minimum atomic E-state index is 0.404. The largest absolute Gasteiger partial charge is 0.492 e. The maximum atomic E-state index is 5.51. The van der Waals surface area contributed by atoms with Crippen molar-refractivity contribution in [1.82, 2.24) is 0 Å². The van der Waals surface area contributed by atoms with Gasteiger partial charge >= 0.3 is 0 Å². The van der Waals surface area contributed by atoms with Crippen molar-refractivity contribution in [2.75, 3.05) is 6.61 Å². The van der Waals surface area contributed by atoms with E-state index in [2.05, 4.69) is 19.6 Å². The predicted octanol–water partition coefficient (Wildman–Crippen LogP) is 2.74. The summed E-state index contributed by atoms with van der Waals surface area (Å²) < 4.78 is 5.51. The van der Waals surface area contributed by atoms with Gasteiger partial charge in [0.2, 0.25) is 0 Å². The highest BCUT2D eigenvalue weighted by atomic mass is 16.5. The molecule has 1 unspecified atom stereocenters. The van der Waals surface area contributed by atoms with E-state index in [4.69, 9.17) is 4.74 Å². The van der Waals surface area contributed by atoms with E-state index in [9.17, 15) is 0 Å². The van der Waals surface area contributed by atoms with E-state index in [-0.39, 0.29) is 0 Å². The van der Waals surface area contributed by atoms with Crippen LogP contribution in [0, 0.1) is 0 Å². The SMILES string of the molecule is C=C(C)C1COc2ccccc21. The Morgan fingerprint density at radius 3 is 3.00 bits per heavy atom. The number of fused-ring (bicyclic) bond motifs is 1. The number of para-hydroxylation sites is 1. The van der Waals surface area contributed by atoms with Crippen molar-refractivity contribution in [1.29, 1.82) is 0 Å². The molecule has 1 aromatic rings. The Kier molecular flexibility index (Phi) is 1.65. The van der Waals surface area contributed by atoms with Gasteiger partial charge in [-0.2, -0.15) is 0 Å². The molecule has 1 aliphatic heterocycles. The lowest BCUT2D eigenvalue weighted by atomic mass is 9.95. The van der Waals surface area contributed by atoms with Crippen LogP contribution in [0.4, 0.5) is 0 Å². The van der Waals surface area contributed by atoms with Crippen LogP contribution in [-0.4, -0.2) is 6.61 Å². The first kappa shape index (κ1) is 7.41. The highest BCUT2D eigenvalue weighted by molar-refractivity contribution is 5.43. The maximum absolute atomic E-state index is 5.51. The Hall–Kier alpha value is -1.24. The van der Waals surface area contributed by atoms with Crippen LogP contribution in [-0.2, 0) is 0 Å². The summed E-state index contributed by atoms with van der Waals surface area (Å²) in [6.45, 7) is 6.77. The first-order valence-electron chi connectivity index (χ1n) is 4.16. The van der Waals surface area contributed by atoms with Gasteiger partial charge in [-0.1, -0.05) is 30.4 Å². The molecule has 0 N–H and O–H groups in total. The fourth-order valence-electron chi connectivity index (χ4n) is 1.57. The molecule has 0 radical (unpaired) electrons. The van der Waals surface area contributed by atoms with Gasteiger partial charge in [0, 0.05) is 11.5 Å². The van der Waals surface area contributed by atoms with E-state index in [1.165, 1.54) is 11.1 Å². The summed E-state index contributed by atoms with van der Waals surface area (Å²) in [5.74, 6) is 1.42. The first-order valence-corrected chi connectivity index (χ1v) is 4.16. The lowest BCUT2D eigenvalue weighted by molar-refractivity contribution is 0.342. The van der Waals surface area contributed by atoms with Gasteiger partial charge in [-0.25, -0.2) is 0 Å². The fraction of sp³-hybridized carbons (Fsp3) is 0.273. The van der Waals surface area contributed by atoms with Crippen LogP contribution in [0.15, 0.2) is 36.4 Å². The van der Waals surface area contributed by atoms with Gasteiger partial charge in [0.1, 0.15) is 5.75 Å². The third-order valence-corrected chi connectivity index (χ3v) is 2.29. The van der Waals surface area contributed by atoms with E-state index in [1.54, 1.807) is 0 Å². The summed E-state index contributed by atoms with van der Waals surface area (Å²) in [5.41, 5.74) is 2.46. The molecule has 0 aliphatic carbocycles. The quantitative estimate of drug-likeness (QED) is 0.574. The topological polar surface area (TPSA) is 9.23 Å². The third-order valence-electron chi connectivity index (χ3n) is 2.29. The van der Waals surface area contributed by atoms with Crippen molar-refractivity contribution < 1.29 is 4.74 Å². The van der Waals surface area contributed by atoms with E-state index >= 15 is 0 Å².